The number of rotatable bonds is 15. The predicted octanol–water partition coefficient (Wildman–Crippen LogP) is 8.03. The number of unbranched alkanes of at least 4 members (excludes halogenated alkanes) is 6. The lowest BCUT2D eigenvalue weighted by Gasteiger charge is -2.49. The lowest BCUT2D eigenvalue weighted by atomic mass is 9.85. The van der Waals surface area contributed by atoms with Crippen LogP contribution in [0.4, 0.5) is 0 Å². The molecule has 0 N–H and O–H groups in total. The zero-order valence-electron chi connectivity index (χ0n) is 19.3. The Bertz CT molecular complexity index is 450. The van der Waals surface area contributed by atoms with Crippen LogP contribution in [0.3, 0.4) is 0 Å². The molecule has 1 aromatic carbocycles. The second kappa shape index (κ2) is 12.6. The predicted molar refractivity (Wildman–Crippen MR) is 123 cm³/mol. The van der Waals surface area contributed by atoms with Crippen LogP contribution in [0.15, 0.2) is 30.3 Å². The highest BCUT2D eigenvalue weighted by molar-refractivity contribution is 5.15. The van der Waals surface area contributed by atoms with Crippen molar-refractivity contribution >= 4 is 0 Å². The van der Waals surface area contributed by atoms with E-state index >= 15 is 0 Å². The van der Waals surface area contributed by atoms with Crippen molar-refractivity contribution in [3.05, 3.63) is 35.9 Å². The Morgan fingerprint density at radius 2 is 1.15 bits per heavy atom. The summed E-state index contributed by atoms with van der Waals surface area (Å²) in [5.74, 6) is 0. The fourth-order valence-corrected chi connectivity index (χ4v) is 4.55. The molecule has 0 aliphatic rings. The summed E-state index contributed by atoms with van der Waals surface area (Å²) in [6, 6.07) is 11.0. The van der Waals surface area contributed by atoms with E-state index in [1.54, 1.807) is 0 Å². The SMILES string of the molecule is CCCCCCC(C)(C)N(CCc1ccccc1)C(C)(C)CCCCCC. The van der Waals surface area contributed by atoms with Crippen LogP contribution in [0.5, 0.6) is 0 Å². The van der Waals surface area contributed by atoms with E-state index in [9.17, 15) is 0 Å². The molecule has 0 fully saturated rings. The third-order valence-electron chi connectivity index (χ3n) is 6.21. The summed E-state index contributed by atoms with van der Waals surface area (Å²) in [7, 11) is 0. The third kappa shape index (κ3) is 9.28. The molecule has 0 amide bonds. The van der Waals surface area contributed by atoms with Gasteiger partial charge in [-0.25, -0.2) is 0 Å². The van der Waals surface area contributed by atoms with Crippen LogP contribution < -0.4 is 0 Å². The molecule has 0 saturated carbocycles. The van der Waals surface area contributed by atoms with Gasteiger partial charge in [-0.2, -0.15) is 0 Å². The highest BCUT2D eigenvalue weighted by Gasteiger charge is 2.36. The van der Waals surface area contributed by atoms with Crippen molar-refractivity contribution in [1.29, 1.82) is 0 Å². The maximum Gasteiger partial charge on any atom is 0.0158 e. The first kappa shape index (κ1) is 24.2. The fourth-order valence-electron chi connectivity index (χ4n) is 4.55. The van der Waals surface area contributed by atoms with E-state index in [0.29, 0.717) is 0 Å². The average Bonchev–Trinajstić information content (AvgIpc) is 2.63. The molecule has 0 unspecified atom stereocenters. The average molecular weight is 374 g/mol. The quantitative estimate of drug-likeness (QED) is 0.281. The van der Waals surface area contributed by atoms with Crippen molar-refractivity contribution in [1.82, 2.24) is 4.90 Å². The van der Waals surface area contributed by atoms with Gasteiger partial charge in [-0.3, -0.25) is 4.90 Å². The summed E-state index contributed by atoms with van der Waals surface area (Å²) in [5.41, 5.74) is 1.99. The topological polar surface area (TPSA) is 3.24 Å². The van der Waals surface area contributed by atoms with Gasteiger partial charge in [0.1, 0.15) is 0 Å². The maximum atomic E-state index is 2.84. The van der Waals surface area contributed by atoms with E-state index in [0.717, 1.165) is 13.0 Å². The Morgan fingerprint density at radius 1 is 0.667 bits per heavy atom. The number of benzene rings is 1. The van der Waals surface area contributed by atoms with Crippen LogP contribution in [0.1, 0.15) is 111 Å². The van der Waals surface area contributed by atoms with Crippen LogP contribution in [-0.4, -0.2) is 22.5 Å². The van der Waals surface area contributed by atoms with Gasteiger partial charge in [-0.15, -0.1) is 0 Å². The summed E-state index contributed by atoms with van der Waals surface area (Å²) in [4.78, 5) is 2.84. The van der Waals surface area contributed by atoms with Crippen LogP contribution in [-0.2, 0) is 6.42 Å². The normalized spacial score (nSPS) is 12.7. The third-order valence-corrected chi connectivity index (χ3v) is 6.21. The lowest BCUT2D eigenvalue weighted by Crippen LogP contribution is -2.56. The van der Waals surface area contributed by atoms with E-state index in [1.807, 2.05) is 0 Å². The number of hydrogen-bond donors (Lipinski definition) is 0. The first-order valence-electron chi connectivity index (χ1n) is 11.6. The maximum absolute atomic E-state index is 2.84. The molecular weight excluding hydrogens is 326 g/mol. The highest BCUT2D eigenvalue weighted by Crippen LogP contribution is 2.33. The molecule has 0 heterocycles. The Kier molecular flexibility index (Phi) is 11.3. The standard InChI is InChI=1S/C26H47N/c1-7-9-11-16-21-25(3,4)27(23-20-24-18-14-13-15-19-24)26(5,6)22-17-12-10-8-2/h13-15,18-19H,7-12,16-17,20-23H2,1-6H3. The zero-order chi connectivity index (χ0) is 20.2. The van der Waals surface area contributed by atoms with Gasteiger partial charge in [0.2, 0.25) is 0 Å². The molecule has 1 rings (SSSR count). The molecule has 0 spiro atoms. The summed E-state index contributed by atoms with van der Waals surface area (Å²) in [6.07, 6.45) is 14.6. The Balaban J connectivity index is 2.79. The van der Waals surface area contributed by atoms with E-state index in [2.05, 4.69) is 76.8 Å². The van der Waals surface area contributed by atoms with Crippen molar-refractivity contribution in [2.24, 2.45) is 0 Å². The minimum atomic E-state index is 0.261. The smallest absolute Gasteiger partial charge is 0.0158 e. The molecule has 156 valence electrons. The molecule has 27 heavy (non-hydrogen) atoms. The molecule has 0 radical (unpaired) electrons. The molecule has 1 heteroatoms. The lowest BCUT2D eigenvalue weighted by molar-refractivity contribution is 0.00405. The van der Waals surface area contributed by atoms with Crippen molar-refractivity contribution in [2.45, 2.75) is 123 Å². The van der Waals surface area contributed by atoms with Gasteiger partial charge in [0.25, 0.3) is 0 Å². The van der Waals surface area contributed by atoms with Crippen molar-refractivity contribution in [2.75, 3.05) is 6.54 Å². The Morgan fingerprint density at radius 3 is 1.59 bits per heavy atom. The number of nitrogens with zero attached hydrogens (tertiary/aromatic N) is 1. The molecule has 0 aromatic heterocycles. The van der Waals surface area contributed by atoms with Gasteiger partial charge in [0.05, 0.1) is 0 Å². The van der Waals surface area contributed by atoms with Gasteiger partial charge >= 0.3 is 0 Å². The second-order valence-corrected chi connectivity index (χ2v) is 9.63. The number of hydrogen-bond acceptors (Lipinski definition) is 1. The summed E-state index contributed by atoms with van der Waals surface area (Å²) < 4.78 is 0. The van der Waals surface area contributed by atoms with E-state index in [4.69, 9.17) is 0 Å². The summed E-state index contributed by atoms with van der Waals surface area (Å²) in [6.45, 7) is 15.7. The van der Waals surface area contributed by atoms with Crippen LogP contribution >= 0.6 is 0 Å². The molecular formula is C26H47N. The first-order valence-corrected chi connectivity index (χ1v) is 11.6. The van der Waals surface area contributed by atoms with Gasteiger partial charge in [0.15, 0.2) is 0 Å². The van der Waals surface area contributed by atoms with Gasteiger partial charge in [-0.1, -0.05) is 95.5 Å². The Labute approximate surface area is 170 Å². The van der Waals surface area contributed by atoms with Crippen molar-refractivity contribution < 1.29 is 0 Å². The van der Waals surface area contributed by atoms with Gasteiger partial charge < -0.3 is 0 Å². The molecule has 0 bridgehead atoms. The Hall–Kier alpha value is -0.820. The van der Waals surface area contributed by atoms with E-state index in [1.165, 1.54) is 69.8 Å². The van der Waals surface area contributed by atoms with Crippen LogP contribution in [0.25, 0.3) is 0 Å². The summed E-state index contributed by atoms with van der Waals surface area (Å²) >= 11 is 0. The second-order valence-electron chi connectivity index (χ2n) is 9.63. The van der Waals surface area contributed by atoms with Crippen LogP contribution in [0, 0.1) is 0 Å². The summed E-state index contributed by atoms with van der Waals surface area (Å²) in [5, 5.41) is 0. The monoisotopic (exact) mass is 373 g/mol. The van der Waals surface area contributed by atoms with Crippen molar-refractivity contribution in [3.63, 3.8) is 0 Å². The molecule has 1 nitrogen and oxygen atoms in total. The largest absolute Gasteiger partial charge is 0.293 e. The van der Waals surface area contributed by atoms with Gasteiger partial charge in [-0.05, 0) is 52.5 Å². The zero-order valence-corrected chi connectivity index (χ0v) is 19.3. The van der Waals surface area contributed by atoms with Crippen molar-refractivity contribution in [3.8, 4) is 0 Å². The minimum Gasteiger partial charge on any atom is -0.293 e. The molecule has 0 aliphatic heterocycles. The van der Waals surface area contributed by atoms with Gasteiger partial charge in [0, 0.05) is 17.6 Å². The highest BCUT2D eigenvalue weighted by atomic mass is 15.2. The van der Waals surface area contributed by atoms with Crippen LogP contribution in [0.2, 0.25) is 0 Å². The first-order chi connectivity index (χ1) is 12.8. The minimum absolute atomic E-state index is 0.261. The van der Waals surface area contributed by atoms with E-state index < -0.39 is 0 Å². The molecule has 0 atom stereocenters. The fraction of sp³-hybridized carbons (Fsp3) is 0.769. The molecule has 0 aliphatic carbocycles. The molecule has 1 aromatic rings. The molecule has 0 saturated heterocycles. The van der Waals surface area contributed by atoms with E-state index in [-0.39, 0.29) is 11.1 Å².